The fraction of sp³-hybridized carbons (Fsp3) is 0.615. The first kappa shape index (κ1) is 15.0. The van der Waals surface area contributed by atoms with Crippen molar-refractivity contribution in [1.82, 2.24) is 4.98 Å². The summed E-state index contributed by atoms with van der Waals surface area (Å²) in [6.07, 6.45) is 7.71. The third-order valence-electron chi connectivity index (χ3n) is 2.50. The number of nitrogens with zero attached hydrogens (tertiary/aromatic N) is 1. The summed E-state index contributed by atoms with van der Waals surface area (Å²) < 4.78 is 7.27. The van der Waals surface area contributed by atoms with Crippen LogP contribution in [0.1, 0.15) is 45.4 Å². The van der Waals surface area contributed by atoms with Crippen LogP contribution in [0.25, 0.3) is 0 Å². The summed E-state index contributed by atoms with van der Waals surface area (Å²) in [6, 6.07) is 3.78. The van der Waals surface area contributed by atoms with Crippen LogP contribution in [0.15, 0.2) is 21.3 Å². The molecule has 0 aromatic carbocycles. The summed E-state index contributed by atoms with van der Waals surface area (Å²) in [7, 11) is 0. The summed E-state index contributed by atoms with van der Waals surface area (Å²) in [5, 5.41) is 0. The Hall–Kier alpha value is -0.0900. The first-order valence-electron chi connectivity index (χ1n) is 6.18. The standard InChI is InChI=1S/C13H19Br2NO/c1-2-3-4-5-6-7-8-17-11-9-12(14)16-13(15)10-11/h9-10H,2-8H2,1H3. The third kappa shape index (κ3) is 7.04. The van der Waals surface area contributed by atoms with E-state index in [0.29, 0.717) is 0 Å². The quantitative estimate of drug-likeness (QED) is 0.458. The fourth-order valence-electron chi connectivity index (χ4n) is 1.60. The van der Waals surface area contributed by atoms with Crippen LogP contribution < -0.4 is 4.74 Å². The molecule has 96 valence electrons. The van der Waals surface area contributed by atoms with Gasteiger partial charge in [0.1, 0.15) is 15.0 Å². The maximum absolute atomic E-state index is 5.67. The molecule has 0 saturated carbocycles. The van der Waals surface area contributed by atoms with E-state index >= 15 is 0 Å². The zero-order valence-corrected chi connectivity index (χ0v) is 13.4. The molecule has 0 spiro atoms. The molecule has 1 aromatic rings. The van der Waals surface area contributed by atoms with Crippen LogP contribution in [-0.2, 0) is 0 Å². The Labute approximate surface area is 120 Å². The molecule has 0 aliphatic rings. The molecule has 0 aliphatic carbocycles. The minimum absolute atomic E-state index is 0.787. The Balaban J connectivity index is 2.13. The molecule has 1 rings (SSSR count). The second-order valence-corrected chi connectivity index (χ2v) is 5.69. The van der Waals surface area contributed by atoms with Gasteiger partial charge in [-0.15, -0.1) is 0 Å². The molecule has 0 unspecified atom stereocenters. The summed E-state index contributed by atoms with van der Waals surface area (Å²) in [6.45, 7) is 3.03. The number of hydrogen-bond acceptors (Lipinski definition) is 2. The second kappa shape index (κ2) is 8.92. The third-order valence-corrected chi connectivity index (χ3v) is 3.32. The minimum Gasteiger partial charge on any atom is -0.493 e. The highest BCUT2D eigenvalue weighted by Gasteiger charge is 1.99. The lowest BCUT2D eigenvalue weighted by molar-refractivity contribution is 0.303. The number of hydrogen-bond donors (Lipinski definition) is 0. The first-order valence-corrected chi connectivity index (χ1v) is 7.77. The topological polar surface area (TPSA) is 22.1 Å². The molecule has 17 heavy (non-hydrogen) atoms. The lowest BCUT2D eigenvalue weighted by Gasteiger charge is -2.06. The highest BCUT2D eigenvalue weighted by Crippen LogP contribution is 2.21. The van der Waals surface area contributed by atoms with Crippen molar-refractivity contribution < 1.29 is 4.74 Å². The van der Waals surface area contributed by atoms with E-state index in [-0.39, 0.29) is 0 Å². The van der Waals surface area contributed by atoms with Crippen molar-refractivity contribution in [3.8, 4) is 5.75 Å². The molecule has 1 heterocycles. The summed E-state index contributed by atoms with van der Waals surface area (Å²) >= 11 is 6.69. The molecule has 0 bridgehead atoms. The maximum atomic E-state index is 5.67. The van der Waals surface area contributed by atoms with Crippen molar-refractivity contribution in [2.75, 3.05) is 6.61 Å². The van der Waals surface area contributed by atoms with Crippen LogP contribution >= 0.6 is 31.9 Å². The number of halogens is 2. The summed E-state index contributed by atoms with van der Waals surface area (Å²) in [5.41, 5.74) is 0. The largest absolute Gasteiger partial charge is 0.493 e. The number of aromatic nitrogens is 1. The lowest BCUT2D eigenvalue weighted by Crippen LogP contribution is -1.97. The van der Waals surface area contributed by atoms with E-state index in [4.69, 9.17) is 4.74 Å². The average Bonchev–Trinajstić information content (AvgIpc) is 2.26. The van der Waals surface area contributed by atoms with Gasteiger partial charge < -0.3 is 4.74 Å². The molecule has 0 N–H and O–H groups in total. The normalized spacial score (nSPS) is 10.5. The van der Waals surface area contributed by atoms with Crippen LogP contribution in [0.2, 0.25) is 0 Å². The molecule has 0 fully saturated rings. The van der Waals surface area contributed by atoms with Gasteiger partial charge in [0.05, 0.1) is 6.61 Å². The van der Waals surface area contributed by atoms with Gasteiger partial charge in [-0.25, -0.2) is 4.98 Å². The van der Waals surface area contributed by atoms with Crippen LogP contribution in [0.4, 0.5) is 0 Å². The minimum atomic E-state index is 0.787. The molecule has 1 aromatic heterocycles. The van der Waals surface area contributed by atoms with E-state index in [1.165, 1.54) is 32.1 Å². The van der Waals surface area contributed by atoms with Crippen LogP contribution in [0.5, 0.6) is 5.75 Å². The van der Waals surface area contributed by atoms with Crippen LogP contribution in [0.3, 0.4) is 0 Å². The van der Waals surface area contributed by atoms with Gasteiger partial charge in [-0.05, 0) is 38.3 Å². The molecular weight excluding hydrogens is 346 g/mol. The molecular formula is C13H19Br2NO. The van der Waals surface area contributed by atoms with Crippen molar-refractivity contribution in [2.45, 2.75) is 45.4 Å². The second-order valence-electron chi connectivity index (χ2n) is 4.06. The van der Waals surface area contributed by atoms with Crippen molar-refractivity contribution in [3.05, 3.63) is 21.3 Å². The molecule has 0 amide bonds. The Morgan fingerprint density at radius 2 is 1.59 bits per heavy atom. The van der Waals surface area contributed by atoms with Crippen molar-refractivity contribution in [3.63, 3.8) is 0 Å². The van der Waals surface area contributed by atoms with E-state index in [2.05, 4.69) is 43.8 Å². The van der Waals surface area contributed by atoms with Crippen molar-refractivity contribution >= 4 is 31.9 Å². The predicted molar refractivity (Wildman–Crippen MR) is 78.5 cm³/mol. The molecule has 0 aliphatic heterocycles. The number of rotatable bonds is 8. The monoisotopic (exact) mass is 363 g/mol. The Kier molecular flexibility index (Phi) is 7.86. The lowest BCUT2D eigenvalue weighted by atomic mass is 10.1. The van der Waals surface area contributed by atoms with E-state index in [0.717, 1.165) is 28.0 Å². The summed E-state index contributed by atoms with van der Waals surface area (Å²) in [5.74, 6) is 0.868. The average molecular weight is 365 g/mol. The fourth-order valence-corrected chi connectivity index (χ4v) is 2.67. The van der Waals surface area contributed by atoms with Crippen molar-refractivity contribution in [2.24, 2.45) is 0 Å². The Morgan fingerprint density at radius 1 is 1.00 bits per heavy atom. The molecule has 0 saturated heterocycles. The van der Waals surface area contributed by atoms with Gasteiger partial charge in [-0.2, -0.15) is 0 Å². The molecule has 4 heteroatoms. The van der Waals surface area contributed by atoms with Gasteiger partial charge in [0, 0.05) is 12.1 Å². The maximum Gasteiger partial charge on any atom is 0.124 e. The zero-order chi connectivity index (χ0) is 12.5. The highest BCUT2D eigenvalue weighted by atomic mass is 79.9. The van der Waals surface area contributed by atoms with Gasteiger partial charge in [-0.3, -0.25) is 0 Å². The van der Waals surface area contributed by atoms with E-state index in [1.54, 1.807) is 0 Å². The van der Waals surface area contributed by atoms with Gasteiger partial charge in [0.15, 0.2) is 0 Å². The zero-order valence-electron chi connectivity index (χ0n) is 10.2. The van der Waals surface area contributed by atoms with E-state index in [9.17, 15) is 0 Å². The van der Waals surface area contributed by atoms with Gasteiger partial charge in [0.25, 0.3) is 0 Å². The molecule has 0 atom stereocenters. The van der Waals surface area contributed by atoms with Gasteiger partial charge in [-0.1, -0.05) is 39.0 Å². The van der Waals surface area contributed by atoms with E-state index in [1.807, 2.05) is 12.1 Å². The van der Waals surface area contributed by atoms with Gasteiger partial charge >= 0.3 is 0 Å². The Morgan fingerprint density at radius 3 is 2.24 bits per heavy atom. The highest BCUT2D eigenvalue weighted by molar-refractivity contribution is 9.11. The molecule has 2 nitrogen and oxygen atoms in total. The number of unbranched alkanes of at least 4 members (excludes halogenated alkanes) is 5. The number of ether oxygens (including phenoxy) is 1. The van der Waals surface area contributed by atoms with E-state index < -0.39 is 0 Å². The van der Waals surface area contributed by atoms with Crippen LogP contribution in [0, 0.1) is 0 Å². The number of pyridine rings is 1. The Bertz CT molecular complexity index is 311. The summed E-state index contributed by atoms with van der Waals surface area (Å²) in [4.78, 5) is 4.17. The SMILES string of the molecule is CCCCCCCCOc1cc(Br)nc(Br)c1. The van der Waals surface area contributed by atoms with Crippen molar-refractivity contribution in [1.29, 1.82) is 0 Å². The van der Waals surface area contributed by atoms with Gasteiger partial charge in [0.2, 0.25) is 0 Å². The first-order chi connectivity index (χ1) is 8.22. The predicted octanol–water partition coefficient (Wildman–Crippen LogP) is 5.35. The smallest absolute Gasteiger partial charge is 0.124 e. The van der Waals surface area contributed by atoms with Crippen LogP contribution in [-0.4, -0.2) is 11.6 Å². The molecule has 0 radical (unpaired) electrons.